The van der Waals surface area contributed by atoms with Crippen molar-refractivity contribution >= 4 is 17.0 Å². The van der Waals surface area contributed by atoms with Crippen LogP contribution in [-0.4, -0.2) is 22.0 Å². The van der Waals surface area contributed by atoms with Crippen molar-refractivity contribution in [2.24, 2.45) is 0 Å². The van der Waals surface area contributed by atoms with E-state index in [1.807, 2.05) is 6.92 Å². The topological polar surface area (TPSA) is 44.1 Å². The van der Waals surface area contributed by atoms with Gasteiger partial charge >= 0.3 is 12.3 Å². The molecule has 1 unspecified atom stereocenters. The summed E-state index contributed by atoms with van der Waals surface area (Å²) in [6, 6.07) is 3.20. The number of aryl methyl sites for hydroxylation is 1. The van der Waals surface area contributed by atoms with Gasteiger partial charge < -0.3 is 4.74 Å². The molecule has 0 aliphatic heterocycles. The molecular formula is C14H15F3N2O2. The van der Waals surface area contributed by atoms with Crippen LogP contribution in [0, 0.1) is 6.92 Å². The Morgan fingerprint density at radius 2 is 2.10 bits per heavy atom. The van der Waals surface area contributed by atoms with E-state index in [-0.39, 0.29) is 11.6 Å². The number of nitrogens with zero attached hydrogens (tertiary/aromatic N) is 2. The highest BCUT2D eigenvalue weighted by Gasteiger charge is 2.31. The number of alkyl halides is 3. The number of carbonyl (C=O) groups is 1. The second-order valence-electron chi connectivity index (χ2n) is 4.83. The number of hydrogen-bond acceptors (Lipinski definition) is 3. The zero-order valence-electron chi connectivity index (χ0n) is 11.9. The molecule has 0 saturated carbocycles. The van der Waals surface area contributed by atoms with Gasteiger partial charge in [0.05, 0.1) is 16.8 Å². The van der Waals surface area contributed by atoms with E-state index in [1.54, 1.807) is 13.8 Å². The van der Waals surface area contributed by atoms with E-state index in [0.717, 1.165) is 16.8 Å². The second-order valence-corrected chi connectivity index (χ2v) is 4.83. The van der Waals surface area contributed by atoms with E-state index in [9.17, 15) is 18.0 Å². The normalized spacial score (nSPS) is 13.4. The zero-order chi connectivity index (χ0) is 15.8. The first-order valence-corrected chi connectivity index (χ1v) is 6.51. The monoisotopic (exact) mass is 300 g/mol. The van der Waals surface area contributed by atoms with Crippen LogP contribution < -0.4 is 0 Å². The summed E-state index contributed by atoms with van der Waals surface area (Å²) in [4.78, 5) is 12.0. The molecule has 0 saturated heterocycles. The summed E-state index contributed by atoms with van der Waals surface area (Å²) < 4.78 is 44.3. The minimum absolute atomic E-state index is 0.0932. The average Bonchev–Trinajstić information content (AvgIpc) is 2.74. The Bertz CT molecular complexity index is 677. The van der Waals surface area contributed by atoms with Gasteiger partial charge in [-0.1, -0.05) is 13.0 Å². The Kier molecular flexibility index (Phi) is 3.93. The Morgan fingerprint density at radius 3 is 2.67 bits per heavy atom. The predicted octanol–water partition coefficient (Wildman–Crippen LogP) is 4.15. The molecule has 0 aliphatic rings. The van der Waals surface area contributed by atoms with Gasteiger partial charge in [0.15, 0.2) is 0 Å². The summed E-state index contributed by atoms with van der Waals surface area (Å²) in [5, 5.41) is 4.46. The van der Waals surface area contributed by atoms with Crippen LogP contribution in [-0.2, 0) is 10.9 Å². The van der Waals surface area contributed by atoms with Gasteiger partial charge in [-0.3, -0.25) is 0 Å². The molecule has 0 radical (unpaired) electrons. The Hall–Kier alpha value is -2.05. The van der Waals surface area contributed by atoms with Gasteiger partial charge in [0.2, 0.25) is 0 Å². The van der Waals surface area contributed by atoms with Crippen molar-refractivity contribution in [1.29, 1.82) is 0 Å². The third kappa shape index (κ3) is 3.01. The highest BCUT2D eigenvalue weighted by atomic mass is 19.4. The lowest BCUT2D eigenvalue weighted by molar-refractivity contribution is -0.137. The number of ether oxygens (including phenoxy) is 1. The van der Waals surface area contributed by atoms with Crippen molar-refractivity contribution in [3.63, 3.8) is 0 Å². The number of rotatable bonds is 2. The van der Waals surface area contributed by atoms with Crippen molar-refractivity contribution in [3.05, 3.63) is 29.5 Å². The third-order valence-corrected chi connectivity index (χ3v) is 3.24. The van der Waals surface area contributed by atoms with E-state index < -0.39 is 17.8 Å². The highest BCUT2D eigenvalue weighted by molar-refractivity contribution is 5.90. The molecule has 0 N–H and O–H groups in total. The van der Waals surface area contributed by atoms with Gasteiger partial charge in [0.25, 0.3) is 0 Å². The summed E-state index contributed by atoms with van der Waals surface area (Å²) in [5.74, 6) is 0. The van der Waals surface area contributed by atoms with Crippen LogP contribution in [0.15, 0.2) is 18.2 Å². The summed E-state index contributed by atoms with van der Waals surface area (Å²) >= 11 is 0. The van der Waals surface area contributed by atoms with Crippen LogP contribution >= 0.6 is 0 Å². The summed E-state index contributed by atoms with van der Waals surface area (Å²) in [6.45, 7) is 5.17. The van der Waals surface area contributed by atoms with E-state index >= 15 is 0 Å². The quantitative estimate of drug-likeness (QED) is 0.837. The Labute approximate surface area is 119 Å². The van der Waals surface area contributed by atoms with E-state index in [2.05, 4.69) is 5.10 Å². The standard InChI is InChI=1S/C14H15F3N2O2/c1-4-8(2)21-13(20)19-12-7-10(14(15,16)17)5-6-11(12)9(3)18-19/h5-8H,4H2,1-3H3. The van der Waals surface area contributed by atoms with Crippen molar-refractivity contribution in [1.82, 2.24) is 9.78 Å². The fourth-order valence-electron chi connectivity index (χ4n) is 1.89. The van der Waals surface area contributed by atoms with Gasteiger partial charge in [0.1, 0.15) is 6.10 Å². The zero-order valence-corrected chi connectivity index (χ0v) is 11.9. The smallest absolute Gasteiger partial charge is 0.435 e. The maximum absolute atomic E-state index is 12.8. The van der Waals surface area contributed by atoms with Crippen LogP contribution in [0.4, 0.5) is 18.0 Å². The van der Waals surface area contributed by atoms with Gasteiger partial charge in [0, 0.05) is 5.39 Å². The first kappa shape index (κ1) is 15.3. The first-order chi connectivity index (χ1) is 9.74. The summed E-state index contributed by atoms with van der Waals surface area (Å²) in [5.41, 5.74) is -0.261. The van der Waals surface area contributed by atoms with Crippen molar-refractivity contribution < 1.29 is 22.7 Å². The van der Waals surface area contributed by atoms with Crippen LogP contribution in [0.5, 0.6) is 0 Å². The summed E-state index contributed by atoms with van der Waals surface area (Å²) in [7, 11) is 0. The van der Waals surface area contributed by atoms with E-state index in [0.29, 0.717) is 17.5 Å². The maximum atomic E-state index is 12.8. The molecule has 1 aromatic carbocycles. The Morgan fingerprint density at radius 1 is 1.43 bits per heavy atom. The number of benzene rings is 1. The molecule has 2 rings (SSSR count). The van der Waals surface area contributed by atoms with Gasteiger partial charge in [-0.15, -0.1) is 0 Å². The SMILES string of the molecule is CCC(C)OC(=O)n1nc(C)c2ccc(C(F)(F)F)cc21. The molecule has 114 valence electrons. The molecule has 0 spiro atoms. The largest absolute Gasteiger partial charge is 0.445 e. The number of carbonyl (C=O) groups excluding carboxylic acids is 1. The molecule has 2 aromatic rings. The lowest BCUT2D eigenvalue weighted by Gasteiger charge is -2.11. The van der Waals surface area contributed by atoms with Crippen LogP contribution in [0.2, 0.25) is 0 Å². The lowest BCUT2D eigenvalue weighted by atomic mass is 10.1. The van der Waals surface area contributed by atoms with Crippen molar-refractivity contribution in [2.45, 2.75) is 39.5 Å². The number of aromatic nitrogens is 2. The first-order valence-electron chi connectivity index (χ1n) is 6.51. The molecule has 7 heteroatoms. The lowest BCUT2D eigenvalue weighted by Crippen LogP contribution is -2.20. The molecule has 0 bridgehead atoms. The van der Waals surface area contributed by atoms with Gasteiger partial charge in [-0.2, -0.15) is 23.0 Å². The van der Waals surface area contributed by atoms with Crippen molar-refractivity contribution in [3.8, 4) is 0 Å². The number of hydrogen-bond donors (Lipinski definition) is 0. The second kappa shape index (κ2) is 5.38. The highest BCUT2D eigenvalue weighted by Crippen LogP contribution is 2.32. The molecule has 0 fully saturated rings. The van der Waals surface area contributed by atoms with Gasteiger partial charge in [-0.25, -0.2) is 4.79 Å². The van der Waals surface area contributed by atoms with Crippen LogP contribution in [0.3, 0.4) is 0 Å². The number of halogens is 3. The third-order valence-electron chi connectivity index (χ3n) is 3.24. The molecule has 0 amide bonds. The minimum atomic E-state index is -4.47. The van der Waals surface area contributed by atoms with Gasteiger partial charge in [-0.05, 0) is 32.4 Å². The fourth-order valence-corrected chi connectivity index (χ4v) is 1.89. The molecule has 1 heterocycles. The molecule has 1 aromatic heterocycles. The Balaban J connectivity index is 2.51. The number of fused-ring (bicyclic) bond motifs is 1. The minimum Gasteiger partial charge on any atom is -0.445 e. The van der Waals surface area contributed by atoms with Crippen LogP contribution in [0.1, 0.15) is 31.5 Å². The average molecular weight is 300 g/mol. The van der Waals surface area contributed by atoms with Crippen LogP contribution in [0.25, 0.3) is 10.9 Å². The molecule has 1 atom stereocenters. The predicted molar refractivity (Wildman–Crippen MR) is 71.1 cm³/mol. The van der Waals surface area contributed by atoms with Crippen molar-refractivity contribution in [2.75, 3.05) is 0 Å². The summed E-state index contributed by atoms with van der Waals surface area (Å²) in [6.07, 6.45) is -4.97. The molecular weight excluding hydrogens is 285 g/mol. The molecule has 21 heavy (non-hydrogen) atoms. The molecule has 4 nitrogen and oxygen atoms in total. The van der Waals surface area contributed by atoms with E-state index in [4.69, 9.17) is 4.74 Å². The van der Waals surface area contributed by atoms with E-state index in [1.165, 1.54) is 6.07 Å². The molecule has 0 aliphatic carbocycles. The fraction of sp³-hybridized carbons (Fsp3) is 0.429. The maximum Gasteiger partial charge on any atom is 0.435 e.